The van der Waals surface area contributed by atoms with E-state index in [-0.39, 0.29) is 0 Å². The third kappa shape index (κ3) is 2.02. The van der Waals surface area contributed by atoms with E-state index in [0.717, 1.165) is 26.1 Å². The highest BCUT2D eigenvalue weighted by Crippen LogP contribution is 2.06. The molecule has 1 aromatic heterocycles. The first-order valence-corrected chi connectivity index (χ1v) is 4.80. The molecule has 0 spiro atoms. The van der Waals surface area contributed by atoms with Crippen LogP contribution in [-0.4, -0.2) is 28.9 Å². The third-order valence-corrected chi connectivity index (χ3v) is 2.28. The molecule has 0 unspecified atom stereocenters. The van der Waals surface area contributed by atoms with E-state index >= 15 is 0 Å². The summed E-state index contributed by atoms with van der Waals surface area (Å²) in [5.41, 5.74) is 6.96. The Morgan fingerprint density at radius 2 is 2.43 bits per heavy atom. The van der Waals surface area contributed by atoms with Crippen molar-refractivity contribution in [1.82, 2.24) is 9.88 Å². The lowest BCUT2D eigenvalue weighted by Crippen LogP contribution is -2.40. The van der Waals surface area contributed by atoms with Crippen LogP contribution in [0.1, 0.15) is 12.0 Å². The molecular formula is C10H14N4. The van der Waals surface area contributed by atoms with Crippen molar-refractivity contribution in [3.63, 3.8) is 0 Å². The van der Waals surface area contributed by atoms with E-state index < -0.39 is 0 Å². The Kier molecular flexibility index (Phi) is 2.62. The maximum absolute atomic E-state index is 5.78. The smallest absolute Gasteiger partial charge is 0.191 e. The number of aliphatic imine (C=N–C) groups is 1. The highest BCUT2D eigenvalue weighted by Gasteiger charge is 2.11. The summed E-state index contributed by atoms with van der Waals surface area (Å²) in [5, 5.41) is 0. The van der Waals surface area contributed by atoms with Gasteiger partial charge in [0.05, 0.1) is 0 Å². The lowest BCUT2D eigenvalue weighted by Gasteiger charge is -2.26. The summed E-state index contributed by atoms with van der Waals surface area (Å²) < 4.78 is 0. The average Bonchev–Trinajstić information content (AvgIpc) is 2.23. The van der Waals surface area contributed by atoms with Crippen molar-refractivity contribution in [2.75, 3.05) is 13.1 Å². The van der Waals surface area contributed by atoms with Crippen LogP contribution in [0.15, 0.2) is 29.5 Å². The number of aromatic nitrogens is 1. The second-order valence-electron chi connectivity index (χ2n) is 3.38. The molecule has 0 aromatic carbocycles. The summed E-state index contributed by atoms with van der Waals surface area (Å²) in [5.74, 6) is 0.653. The van der Waals surface area contributed by atoms with E-state index in [1.54, 1.807) is 6.20 Å². The SMILES string of the molecule is NC1=NCCCN1Cc1cccnc1. The van der Waals surface area contributed by atoms with Gasteiger partial charge in [-0.2, -0.15) is 0 Å². The molecular weight excluding hydrogens is 176 g/mol. The van der Waals surface area contributed by atoms with Crippen molar-refractivity contribution in [1.29, 1.82) is 0 Å². The Labute approximate surface area is 83.5 Å². The second-order valence-corrected chi connectivity index (χ2v) is 3.38. The molecule has 1 aromatic rings. The number of rotatable bonds is 2. The van der Waals surface area contributed by atoms with Gasteiger partial charge in [0.25, 0.3) is 0 Å². The predicted molar refractivity (Wildman–Crippen MR) is 55.8 cm³/mol. The topological polar surface area (TPSA) is 54.5 Å². The molecule has 0 atom stereocenters. The van der Waals surface area contributed by atoms with Crippen molar-refractivity contribution in [3.8, 4) is 0 Å². The summed E-state index contributed by atoms with van der Waals surface area (Å²) in [6.45, 7) is 2.66. The number of nitrogens with two attached hydrogens (primary N) is 1. The molecule has 4 nitrogen and oxygen atoms in total. The van der Waals surface area contributed by atoms with Gasteiger partial charge in [-0.15, -0.1) is 0 Å². The van der Waals surface area contributed by atoms with Gasteiger partial charge in [0.2, 0.25) is 0 Å². The Hall–Kier alpha value is -1.58. The zero-order valence-corrected chi connectivity index (χ0v) is 8.06. The molecule has 1 aliphatic rings. The number of hydrogen-bond acceptors (Lipinski definition) is 4. The van der Waals surface area contributed by atoms with Crippen LogP contribution in [-0.2, 0) is 6.54 Å². The van der Waals surface area contributed by atoms with Gasteiger partial charge < -0.3 is 10.6 Å². The summed E-state index contributed by atoms with van der Waals surface area (Å²) in [6, 6.07) is 3.99. The number of hydrogen-bond donors (Lipinski definition) is 1. The van der Waals surface area contributed by atoms with Gasteiger partial charge >= 0.3 is 0 Å². The zero-order chi connectivity index (χ0) is 9.80. The van der Waals surface area contributed by atoms with Gasteiger partial charge in [-0.25, -0.2) is 0 Å². The van der Waals surface area contributed by atoms with Crippen LogP contribution in [0.4, 0.5) is 0 Å². The molecule has 14 heavy (non-hydrogen) atoms. The van der Waals surface area contributed by atoms with Gasteiger partial charge in [-0.1, -0.05) is 6.07 Å². The minimum absolute atomic E-state index is 0.653. The predicted octanol–water partition coefficient (Wildman–Crippen LogP) is 0.602. The third-order valence-electron chi connectivity index (χ3n) is 2.28. The average molecular weight is 190 g/mol. The van der Waals surface area contributed by atoms with Crippen LogP contribution >= 0.6 is 0 Å². The molecule has 0 aliphatic carbocycles. The Morgan fingerprint density at radius 1 is 1.50 bits per heavy atom. The van der Waals surface area contributed by atoms with Crippen LogP contribution in [0.2, 0.25) is 0 Å². The van der Waals surface area contributed by atoms with E-state index in [4.69, 9.17) is 5.73 Å². The Balaban J connectivity index is 2.04. The van der Waals surface area contributed by atoms with Crippen molar-refractivity contribution in [2.24, 2.45) is 10.7 Å². The molecule has 74 valence electrons. The highest BCUT2D eigenvalue weighted by atomic mass is 15.3. The van der Waals surface area contributed by atoms with Gasteiger partial charge in [-0.05, 0) is 18.1 Å². The minimum atomic E-state index is 0.653. The fourth-order valence-corrected chi connectivity index (χ4v) is 1.54. The zero-order valence-electron chi connectivity index (χ0n) is 8.06. The summed E-state index contributed by atoms with van der Waals surface area (Å²) in [4.78, 5) is 10.4. The van der Waals surface area contributed by atoms with Crippen molar-refractivity contribution < 1.29 is 0 Å². The van der Waals surface area contributed by atoms with Gasteiger partial charge in [-0.3, -0.25) is 9.98 Å². The maximum Gasteiger partial charge on any atom is 0.191 e. The highest BCUT2D eigenvalue weighted by molar-refractivity contribution is 5.78. The standard InChI is InChI=1S/C10H14N4/c11-10-13-5-2-6-14(10)8-9-3-1-4-12-7-9/h1,3-4,7H,2,5-6,8H2,(H2,11,13). The molecule has 0 saturated heterocycles. The van der Waals surface area contributed by atoms with Crippen LogP contribution < -0.4 is 5.73 Å². The van der Waals surface area contributed by atoms with Gasteiger partial charge in [0.15, 0.2) is 5.96 Å². The van der Waals surface area contributed by atoms with E-state index in [9.17, 15) is 0 Å². The fraction of sp³-hybridized carbons (Fsp3) is 0.400. The molecule has 2 N–H and O–H groups in total. The summed E-state index contributed by atoms with van der Waals surface area (Å²) in [7, 11) is 0. The fourth-order valence-electron chi connectivity index (χ4n) is 1.54. The first-order valence-electron chi connectivity index (χ1n) is 4.80. The molecule has 1 aliphatic heterocycles. The van der Waals surface area contributed by atoms with Crippen LogP contribution in [0.3, 0.4) is 0 Å². The summed E-state index contributed by atoms with van der Waals surface area (Å²) >= 11 is 0. The van der Waals surface area contributed by atoms with E-state index in [1.807, 2.05) is 12.3 Å². The van der Waals surface area contributed by atoms with Crippen molar-refractivity contribution in [3.05, 3.63) is 30.1 Å². The van der Waals surface area contributed by atoms with Crippen molar-refractivity contribution in [2.45, 2.75) is 13.0 Å². The lowest BCUT2D eigenvalue weighted by molar-refractivity contribution is 0.383. The lowest BCUT2D eigenvalue weighted by atomic mass is 10.2. The number of guanidine groups is 1. The van der Waals surface area contributed by atoms with E-state index in [1.165, 1.54) is 5.56 Å². The van der Waals surface area contributed by atoms with E-state index in [0.29, 0.717) is 5.96 Å². The monoisotopic (exact) mass is 190 g/mol. The maximum atomic E-state index is 5.78. The minimum Gasteiger partial charge on any atom is -0.370 e. The number of pyridine rings is 1. The van der Waals surface area contributed by atoms with Gasteiger partial charge in [0, 0.05) is 32.0 Å². The molecule has 0 amide bonds. The molecule has 0 radical (unpaired) electrons. The normalized spacial score (nSPS) is 16.6. The molecule has 0 bridgehead atoms. The van der Waals surface area contributed by atoms with Crippen LogP contribution in [0.5, 0.6) is 0 Å². The Morgan fingerprint density at radius 3 is 3.14 bits per heavy atom. The largest absolute Gasteiger partial charge is 0.370 e. The first kappa shape index (κ1) is 8.99. The molecule has 2 heterocycles. The van der Waals surface area contributed by atoms with Crippen LogP contribution in [0.25, 0.3) is 0 Å². The van der Waals surface area contributed by atoms with Crippen LogP contribution in [0, 0.1) is 0 Å². The van der Waals surface area contributed by atoms with Crippen molar-refractivity contribution >= 4 is 5.96 Å². The quantitative estimate of drug-likeness (QED) is 0.743. The molecule has 4 heteroatoms. The van der Waals surface area contributed by atoms with Gasteiger partial charge in [0.1, 0.15) is 0 Å². The molecule has 2 rings (SSSR count). The second kappa shape index (κ2) is 4.09. The molecule has 0 fully saturated rings. The summed E-state index contributed by atoms with van der Waals surface area (Å²) in [6.07, 6.45) is 4.72. The number of nitrogens with zero attached hydrogens (tertiary/aromatic N) is 3. The Bertz CT molecular complexity index is 320. The molecule has 0 saturated carbocycles. The first-order chi connectivity index (χ1) is 6.86. The van der Waals surface area contributed by atoms with E-state index in [2.05, 4.69) is 20.9 Å².